The Morgan fingerprint density at radius 2 is 2.00 bits per heavy atom. The van der Waals surface area contributed by atoms with Crippen molar-refractivity contribution >= 4 is 23.5 Å². The van der Waals surface area contributed by atoms with Gasteiger partial charge in [-0.25, -0.2) is 0 Å². The summed E-state index contributed by atoms with van der Waals surface area (Å²) in [6.07, 6.45) is 4.87. The van der Waals surface area contributed by atoms with Crippen LogP contribution in [0.15, 0.2) is 0 Å². The highest BCUT2D eigenvalue weighted by atomic mass is 35.5. The van der Waals surface area contributed by atoms with Gasteiger partial charge in [0.15, 0.2) is 0 Å². The molecule has 2 aliphatic rings. The molecule has 0 aliphatic carbocycles. The zero-order valence-electron chi connectivity index (χ0n) is 12.6. The zero-order chi connectivity index (χ0) is 14.7. The SMILES string of the molecule is CCCNc1nc(Cl)nc(N2CCC(N3CCCC3)C2)n1. The van der Waals surface area contributed by atoms with Gasteiger partial charge in [0.2, 0.25) is 17.2 Å². The van der Waals surface area contributed by atoms with Crippen molar-refractivity contribution < 1.29 is 0 Å². The topological polar surface area (TPSA) is 57.2 Å². The Morgan fingerprint density at radius 1 is 1.19 bits per heavy atom. The molecular formula is C14H23ClN6. The Balaban J connectivity index is 1.67. The first kappa shape index (κ1) is 14.8. The minimum atomic E-state index is 0.267. The number of nitrogens with one attached hydrogen (secondary N) is 1. The van der Waals surface area contributed by atoms with E-state index in [2.05, 4.69) is 37.0 Å². The van der Waals surface area contributed by atoms with Crippen molar-refractivity contribution in [2.24, 2.45) is 0 Å². The van der Waals surface area contributed by atoms with Gasteiger partial charge in [0, 0.05) is 25.7 Å². The molecule has 3 rings (SSSR count). The van der Waals surface area contributed by atoms with Crippen LogP contribution < -0.4 is 10.2 Å². The van der Waals surface area contributed by atoms with E-state index in [0.29, 0.717) is 17.9 Å². The Morgan fingerprint density at radius 3 is 2.76 bits per heavy atom. The van der Waals surface area contributed by atoms with E-state index >= 15 is 0 Å². The maximum absolute atomic E-state index is 6.03. The zero-order valence-corrected chi connectivity index (χ0v) is 13.3. The minimum absolute atomic E-state index is 0.267. The Kier molecular flexibility index (Phi) is 4.75. The lowest BCUT2D eigenvalue weighted by Crippen LogP contribution is -2.35. The second-order valence-electron chi connectivity index (χ2n) is 5.79. The van der Waals surface area contributed by atoms with Crippen molar-refractivity contribution in [3.8, 4) is 0 Å². The van der Waals surface area contributed by atoms with Crippen LogP contribution in [0, 0.1) is 0 Å². The molecule has 0 saturated carbocycles. The molecular weight excluding hydrogens is 288 g/mol. The van der Waals surface area contributed by atoms with E-state index in [1.54, 1.807) is 0 Å². The Labute approximate surface area is 130 Å². The molecule has 0 radical (unpaired) electrons. The number of likely N-dealkylation sites (tertiary alicyclic amines) is 1. The summed E-state index contributed by atoms with van der Waals surface area (Å²) < 4.78 is 0. The summed E-state index contributed by atoms with van der Waals surface area (Å²) in [5.41, 5.74) is 0. The molecule has 0 bridgehead atoms. The van der Waals surface area contributed by atoms with Crippen molar-refractivity contribution in [1.29, 1.82) is 0 Å². The lowest BCUT2D eigenvalue weighted by atomic mass is 10.2. The van der Waals surface area contributed by atoms with Crippen LogP contribution in [-0.2, 0) is 0 Å². The molecule has 1 aromatic heterocycles. The number of hydrogen-bond acceptors (Lipinski definition) is 6. The number of hydrogen-bond donors (Lipinski definition) is 1. The van der Waals surface area contributed by atoms with Crippen LogP contribution in [0.25, 0.3) is 0 Å². The molecule has 1 N–H and O–H groups in total. The molecule has 3 heterocycles. The fourth-order valence-corrected chi connectivity index (χ4v) is 3.28. The van der Waals surface area contributed by atoms with Crippen LogP contribution in [0.4, 0.5) is 11.9 Å². The van der Waals surface area contributed by atoms with Crippen LogP contribution >= 0.6 is 11.6 Å². The maximum Gasteiger partial charge on any atom is 0.231 e. The molecule has 2 saturated heterocycles. The number of anilines is 2. The number of halogens is 1. The van der Waals surface area contributed by atoms with Crippen molar-refractivity contribution in [3.05, 3.63) is 5.28 Å². The van der Waals surface area contributed by atoms with Gasteiger partial charge in [-0.15, -0.1) is 0 Å². The fourth-order valence-electron chi connectivity index (χ4n) is 3.13. The van der Waals surface area contributed by atoms with E-state index in [0.717, 1.165) is 26.1 Å². The minimum Gasteiger partial charge on any atom is -0.354 e. The third-order valence-electron chi connectivity index (χ3n) is 4.23. The van der Waals surface area contributed by atoms with Crippen molar-refractivity contribution in [3.63, 3.8) is 0 Å². The normalized spacial score (nSPS) is 23.0. The highest BCUT2D eigenvalue weighted by molar-refractivity contribution is 6.28. The quantitative estimate of drug-likeness (QED) is 0.898. The van der Waals surface area contributed by atoms with Crippen LogP contribution in [0.3, 0.4) is 0 Å². The molecule has 2 fully saturated rings. The predicted octanol–water partition coefficient (Wildman–Crippen LogP) is 2.02. The summed E-state index contributed by atoms with van der Waals surface area (Å²) in [6.45, 7) is 7.41. The first-order chi connectivity index (χ1) is 10.3. The van der Waals surface area contributed by atoms with Gasteiger partial charge in [0.25, 0.3) is 0 Å². The van der Waals surface area contributed by atoms with Gasteiger partial charge in [-0.1, -0.05) is 6.92 Å². The van der Waals surface area contributed by atoms with Gasteiger partial charge in [-0.05, 0) is 50.4 Å². The van der Waals surface area contributed by atoms with E-state index in [9.17, 15) is 0 Å². The Bertz CT molecular complexity index is 477. The van der Waals surface area contributed by atoms with Gasteiger partial charge in [-0.3, -0.25) is 4.90 Å². The smallest absolute Gasteiger partial charge is 0.231 e. The fraction of sp³-hybridized carbons (Fsp3) is 0.786. The summed E-state index contributed by atoms with van der Waals surface area (Å²) in [5, 5.41) is 3.45. The van der Waals surface area contributed by atoms with Gasteiger partial charge in [0.1, 0.15) is 0 Å². The monoisotopic (exact) mass is 310 g/mol. The molecule has 1 aromatic rings. The van der Waals surface area contributed by atoms with Crippen molar-refractivity contribution in [1.82, 2.24) is 19.9 Å². The molecule has 1 unspecified atom stereocenters. The number of rotatable bonds is 5. The second kappa shape index (κ2) is 6.75. The third-order valence-corrected chi connectivity index (χ3v) is 4.40. The van der Waals surface area contributed by atoms with Crippen molar-refractivity contribution in [2.45, 2.75) is 38.6 Å². The molecule has 0 amide bonds. The lowest BCUT2D eigenvalue weighted by Gasteiger charge is -2.23. The molecule has 1 atom stereocenters. The molecule has 21 heavy (non-hydrogen) atoms. The highest BCUT2D eigenvalue weighted by Gasteiger charge is 2.30. The van der Waals surface area contributed by atoms with Gasteiger partial charge < -0.3 is 10.2 Å². The van der Waals surface area contributed by atoms with E-state index in [4.69, 9.17) is 11.6 Å². The van der Waals surface area contributed by atoms with Crippen LogP contribution in [0.2, 0.25) is 5.28 Å². The summed E-state index contributed by atoms with van der Waals surface area (Å²) in [4.78, 5) is 17.8. The molecule has 0 spiro atoms. The summed E-state index contributed by atoms with van der Waals surface area (Å²) in [5.74, 6) is 1.28. The second-order valence-corrected chi connectivity index (χ2v) is 6.12. The average molecular weight is 311 g/mol. The summed E-state index contributed by atoms with van der Waals surface area (Å²) in [7, 11) is 0. The van der Waals surface area contributed by atoms with E-state index in [1.165, 1.54) is 32.4 Å². The number of aromatic nitrogens is 3. The summed E-state index contributed by atoms with van der Waals surface area (Å²) >= 11 is 6.03. The van der Waals surface area contributed by atoms with Crippen LogP contribution in [0.1, 0.15) is 32.6 Å². The standard InChI is InChI=1S/C14H23ClN6/c1-2-6-16-13-17-12(15)18-14(19-13)21-9-5-11(10-21)20-7-3-4-8-20/h11H,2-10H2,1H3,(H,16,17,18,19). The number of nitrogens with zero attached hydrogens (tertiary/aromatic N) is 5. The maximum atomic E-state index is 6.03. The largest absolute Gasteiger partial charge is 0.354 e. The van der Waals surface area contributed by atoms with Crippen LogP contribution in [-0.4, -0.2) is 58.6 Å². The summed E-state index contributed by atoms with van der Waals surface area (Å²) in [6, 6.07) is 0.634. The molecule has 116 valence electrons. The average Bonchev–Trinajstić information content (AvgIpc) is 3.14. The first-order valence-corrected chi connectivity index (χ1v) is 8.28. The van der Waals surface area contributed by atoms with Gasteiger partial charge in [-0.2, -0.15) is 15.0 Å². The van der Waals surface area contributed by atoms with E-state index in [1.807, 2.05) is 0 Å². The highest BCUT2D eigenvalue weighted by Crippen LogP contribution is 2.24. The molecule has 0 aromatic carbocycles. The van der Waals surface area contributed by atoms with E-state index < -0.39 is 0 Å². The predicted molar refractivity (Wildman–Crippen MR) is 85.0 cm³/mol. The molecule has 6 nitrogen and oxygen atoms in total. The van der Waals surface area contributed by atoms with Crippen LogP contribution in [0.5, 0.6) is 0 Å². The third kappa shape index (κ3) is 3.55. The van der Waals surface area contributed by atoms with E-state index in [-0.39, 0.29) is 5.28 Å². The van der Waals surface area contributed by atoms with Gasteiger partial charge >= 0.3 is 0 Å². The molecule has 7 heteroatoms. The lowest BCUT2D eigenvalue weighted by molar-refractivity contribution is 0.260. The first-order valence-electron chi connectivity index (χ1n) is 7.90. The van der Waals surface area contributed by atoms with Crippen molar-refractivity contribution in [2.75, 3.05) is 42.9 Å². The van der Waals surface area contributed by atoms with Gasteiger partial charge in [0.05, 0.1) is 0 Å². The molecule has 2 aliphatic heterocycles. The Hall–Kier alpha value is -1.14.